The van der Waals surface area contributed by atoms with Gasteiger partial charge in [-0.1, -0.05) is 0 Å². The lowest BCUT2D eigenvalue weighted by Gasteiger charge is -2.16. The van der Waals surface area contributed by atoms with Crippen LogP contribution in [-0.4, -0.2) is 21.6 Å². The number of nitrogens with two attached hydrogens (primary N) is 1. The number of nitrogens with zero attached hydrogens (tertiary/aromatic N) is 1. The minimum atomic E-state index is -0.482. The van der Waals surface area contributed by atoms with Crippen LogP contribution in [-0.2, 0) is 4.79 Å². The van der Waals surface area contributed by atoms with Crippen LogP contribution in [0.2, 0.25) is 0 Å². The average molecular weight is 182 g/mol. The van der Waals surface area contributed by atoms with Crippen molar-refractivity contribution in [2.75, 3.05) is 5.32 Å². The molecule has 1 heterocycles. The monoisotopic (exact) mass is 182 g/mol. The fourth-order valence-electron chi connectivity index (χ4n) is 0.934. The quantitative estimate of drug-likeness (QED) is 0.635. The fraction of sp³-hybridized carbons (Fsp3) is 0.500. The van der Waals surface area contributed by atoms with Gasteiger partial charge in [0.05, 0.1) is 6.20 Å². The Morgan fingerprint density at radius 1 is 1.77 bits per heavy atom. The molecule has 5 heteroatoms. The zero-order valence-corrected chi connectivity index (χ0v) is 7.79. The Bertz CT molecular complexity index is 273. The van der Waals surface area contributed by atoms with Gasteiger partial charge in [0.25, 0.3) is 0 Å². The summed E-state index contributed by atoms with van der Waals surface area (Å²) in [6, 6.07) is 1.68. The molecule has 13 heavy (non-hydrogen) atoms. The van der Waals surface area contributed by atoms with E-state index >= 15 is 0 Å². The minimum absolute atomic E-state index is 0.114. The topological polar surface area (TPSA) is 83.8 Å². The van der Waals surface area contributed by atoms with Gasteiger partial charge in [-0.25, -0.2) is 0 Å². The molecule has 0 aliphatic rings. The van der Waals surface area contributed by atoms with Crippen molar-refractivity contribution in [2.45, 2.75) is 25.8 Å². The summed E-state index contributed by atoms with van der Waals surface area (Å²) in [5.74, 6) is 0.478. The molecule has 0 fully saturated rings. The molecule has 0 atom stereocenters. The Labute approximate surface area is 76.7 Å². The third-order valence-electron chi connectivity index (χ3n) is 1.39. The van der Waals surface area contributed by atoms with Crippen LogP contribution in [0, 0.1) is 0 Å². The van der Waals surface area contributed by atoms with Crippen LogP contribution in [0.1, 0.15) is 20.3 Å². The van der Waals surface area contributed by atoms with E-state index in [0.717, 1.165) is 0 Å². The highest BCUT2D eigenvalue weighted by molar-refractivity contribution is 5.90. The molecular formula is C8H14N4O. The highest BCUT2D eigenvalue weighted by atomic mass is 16.1. The largest absolute Gasteiger partial charge is 0.325 e. The van der Waals surface area contributed by atoms with Crippen molar-refractivity contribution in [2.24, 2.45) is 5.73 Å². The number of amides is 1. The molecule has 1 rings (SSSR count). The zero-order valence-electron chi connectivity index (χ0n) is 7.79. The summed E-state index contributed by atoms with van der Waals surface area (Å²) < 4.78 is 0. The van der Waals surface area contributed by atoms with Gasteiger partial charge < -0.3 is 11.1 Å². The number of carbonyl (C=O) groups is 1. The number of aromatic amines is 1. The molecule has 72 valence electrons. The van der Waals surface area contributed by atoms with E-state index in [9.17, 15) is 4.79 Å². The summed E-state index contributed by atoms with van der Waals surface area (Å²) in [6.45, 7) is 3.61. The second kappa shape index (κ2) is 3.57. The molecular weight excluding hydrogens is 168 g/mol. The van der Waals surface area contributed by atoms with Crippen molar-refractivity contribution in [1.82, 2.24) is 10.2 Å². The maximum atomic E-state index is 11.3. The van der Waals surface area contributed by atoms with Gasteiger partial charge in [0.15, 0.2) is 0 Å². The summed E-state index contributed by atoms with van der Waals surface area (Å²) in [6.07, 6.45) is 1.86. The second-order valence-electron chi connectivity index (χ2n) is 3.68. The van der Waals surface area contributed by atoms with Crippen LogP contribution >= 0.6 is 0 Å². The van der Waals surface area contributed by atoms with Gasteiger partial charge in [-0.3, -0.25) is 9.89 Å². The van der Waals surface area contributed by atoms with E-state index in [1.807, 2.05) is 0 Å². The number of H-pyrrole nitrogens is 1. The van der Waals surface area contributed by atoms with E-state index in [-0.39, 0.29) is 12.3 Å². The van der Waals surface area contributed by atoms with Crippen molar-refractivity contribution < 1.29 is 4.79 Å². The molecule has 1 aromatic heterocycles. The lowest BCUT2D eigenvalue weighted by molar-refractivity contribution is -0.117. The summed E-state index contributed by atoms with van der Waals surface area (Å²) in [5.41, 5.74) is 5.20. The molecule has 0 radical (unpaired) electrons. The Morgan fingerprint density at radius 3 is 2.92 bits per heavy atom. The standard InChI is InChI=1S/C8H14N4O/c1-8(2,9)5-7(13)11-6-3-4-10-12-6/h3-4H,5,9H2,1-2H3,(H2,10,11,12,13). The molecule has 0 saturated heterocycles. The van der Waals surface area contributed by atoms with E-state index in [1.165, 1.54) is 0 Å². The number of hydrogen-bond donors (Lipinski definition) is 3. The van der Waals surface area contributed by atoms with Gasteiger partial charge in [0, 0.05) is 18.0 Å². The van der Waals surface area contributed by atoms with Gasteiger partial charge in [-0.2, -0.15) is 5.10 Å². The normalized spacial score (nSPS) is 11.3. The number of hydrogen-bond acceptors (Lipinski definition) is 3. The van der Waals surface area contributed by atoms with Crippen LogP contribution in [0.4, 0.5) is 5.82 Å². The van der Waals surface area contributed by atoms with E-state index in [0.29, 0.717) is 5.82 Å². The molecule has 1 aromatic rings. The number of nitrogens with one attached hydrogen (secondary N) is 2. The van der Waals surface area contributed by atoms with Gasteiger partial charge in [-0.05, 0) is 13.8 Å². The van der Waals surface area contributed by atoms with Crippen molar-refractivity contribution >= 4 is 11.7 Å². The molecule has 0 unspecified atom stereocenters. The number of aromatic nitrogens is 2. The lowest BCUT2D eigenvalue weighted by atomic mass is 10.0. The van der Waals surface area contributed by atoms with E-state index in [4.69, 9.17) is 5.73 Å². The Kier molecular flexibility index (Phi) is 2.67. The molecule has 0 spiro atoms. The molecule has 5 nitrogen and oxygen atoms in total. The maximum Gasteiger partial charge on any atom is 0.227 e. The van der Waals surface area contributed by atoms with Gasteiger partial charge >= 0.3 is 0 Å². The fourth-order valence-corrected chi connectivity index (χ4v) is 0.934. The molecule has 1 amide bonds. The van der Waals surface area contributed by atoms with Crippen LogP contribution in [0.15, 0.2) is 12.3 Å². The molecule has 0 aliphatic carbocycles. The summed E-state index contributed by atoms with van der Waals surface area (Å²) >= 11 is 0. The number of anilines is 1. The Hall–Kier alpha value is -1.36. The van der Waals surface area contributed by atoms with Crippen LogP contribution in [0.25, 0.3) is 0 Å². The number of carbonyl (C=O) groups excluding carboxylic acids is 1. The van der Waals surface area contributed by atoms with E-state index in [2.05, 4.69) is 15.5 Å². The van der Waals surface area contributed by atoms with E-state index < -0.39 is 5.54 Å². The summed E-state index contributed by atoms with van der Waals surface area (Å²) in [4.78, 5) is 11.3. The van der Waals surface area contributed by atoms with Gasteiger partial charge in [-0.15, -0.1) is 0 Å². The van der Waals surface area contributed by atoms with Crippen molar-refractivity contribution in [3.8, 4) is 0 Å². The summed E-state index contributed by atoms with van der Waals surface area (Å²) in [5, 5.41) is 8.97. The highest BCUT2D eigenvalue weighted by Gasteiger charge is 2.16. The Balaban J connectivity index is 2.43. The number of rotatable bonds is 3. The second-order valence-corrected chi connectivity index (χ2v) is 3.68. The minimum Gasteiger partial charge on any atom is -0.325 e. The third-order valence-corrected chi connectivity index (χ3v) is 1.39. The molecule has 0 aliphatic heterocycles. The zero-order chi connectivity index (χ0) is 9.90. The maximum absolute atomic E-state index is 11.3. The van der Waals surface area contributed by atoms with Crippen LogP contribution in [0.5, 0.6) is 0 Å². The van der Waals surface area contributed by atoms with Crippen LogP contribution < -0.4 is 11.1 Å². The van der Waals surface area contributed by atoms with Gasteiger partial charge in [0.1, 0.15) is 5.82 Å². The first-order chi connectivity index (χ1) is 5.97. The predicted molar refractivity (Wildman–Crippen MR) is 50.1 cm³/mol. The molecule has 0 saturated carbocycles. The molecule has 0 aromatic carbocycles. The summed E-state index contributed by atoms with van der Waals surface area (Å²) in [7, 11) is 0. The Morgan fingerprint density at radius 2 is 2.46 bits per heavy atom. The van der Waals surface area contributed by atoms with Crippen LogP contribution in [0.3, 0.4) is 0 Å². The highest BCUT2D eigenvalue weighted by Crippen LogP contribution is 2.06. The predicted octanol–water partition coefficient (Wildman–Crippen LogP) is 0.476. The van der Waals surface area contributed by atoms with Crippen molar-refractivity contribution in [3.63, 3.8) is 0 Å². The SMILES string of the molecule is CC(C)(N)CC(=O)Nc1ccn[nH]1. The first-order valence-electron chi connectivity index (χ1n) is 4.05. The average Bonchev–Trinajstić information content (AvgIpc) is 2.34. The first kappa shape index (κ1) is 9.73. The van der Waals surface area contributed by atoms with E-state index in [1.54, 1.807) is 26.1 Å². The molecule has 4 N–H and O–H groups in total. The lowest BCUT2D eigenvalue weighted by Crippen LogP contribution is -2.36. The van der Waals surface area contributed by atoms with Crippen molar-refractivity contribution in [3.05, 3.63) is 12.3 Å². The molecule has 0 bridgehead atoms. The first-order valence-corrected chi connectivity index (χ1v) is 4.05. The van der Waals surface area contributed by atoms with Gasteiger partial charge in [0.2, 0.25) is 5.91 Å². The third kappa shape index (κ3) is 3.71. The van der Waals surface area contributed by atoms with Crippen molar-refractivity contribution in [1.29, 1.82) is 0 Å². The smallest absolute Gasteiger partial charge is 0.227 e.